The highest BCUT2D eigenvalue weighted by molar-refractivity contribution is 7.07. The summed E-state index contributed by atoms with van der Waals surface area (Å²) in [5, 5.41) is 8.39. The zero-order valence-corrected chi connectivity index (χ0v) is 18.3. The minimum Gasteiger partial charge on any atom is -0.487 e. The Labute approximate surface area is 182 Å². The first kappa shape index (κ1) is 24.7. The van der Waals surface area contributed by atoms with Gasteiger partial charge in [-0.15, -0.1) is 36.2 Å². The Morgan fingerprint density at radius 2 is 2.11 bits per heavy atom. The van der Waals surface area contributed by atoms with Crippen LogP contribution in [0.15, 0.2) is 35.2 Å². The lowest BCUT2D eigenvalue weighted by Gasteiger charge is -2.37. The smallest absolute Gasteiger partial charge is 0.251 e. The number of benzene rings is 1. The number of carbonyl (C=O) groups excluding carboxylic acids is 1. The van der Waals surface area contributed by atoms with Gasteiger partial charge in [-0.2, -0.15) is 0 Å². The number of nitrogens with one attached hydrogen (secondary N) is 2. The maximum Gasteiger partial charge on any atom is 0.251 e. The second-order valence-electron chi connectivity index (χ2n) is 6.66. The molecule has 2 heterocycles. The molecule has 1 saturated heterocycles. The number of ether oxygens (including phenoxy) is 2. The van der Waals surface area contributed by atoms with Gasteiger partial charge in [0.2, 0.25) is 0 Å². The van der Waals surface area contributed by atoms with E-state index in [0.717, 1.165) is 31.6 Å². The molecule has 0 atom stereocenters. The molecule has 1 aliphatic heterocycles. The van der Waals surface area contributed by atoms with Gasteiger partial charge in [-0.3, -0.25) is 4.79 Å². The van der Waals surface area contributed by atoms with Crippen LogP contribution >= 0.6 is 36.2 Å². The normalized spacial score (nSPS) is 15.0. The van der Waals surface area contributed by atoms with E-state index in [2.05, 4.69) is 15.6 Å². The van der Waals surface area contributed by atoms with Crippen LogP contribution in [0.5, 0.6) is 5.75 Å². The SMILES string of the molecule is COCC1(CNC(=O)c2cccc(OCc3cscn3)c2)CCNCC1.Cl.Cl. The zero-order chi connectivity index (χ0) is 18.2. The Hall–Kier alpha value is -1.38. The molecule has 1 amide bonds. The van der Waals surface area contributed by atoms with Crippen molar-refractivity contribution in [3.63, 3.8) is 0 Å². The molecule has 6 nitrogen and oxygen atoms in total. The fraction of sp³-hybridized carbons (Fsp3) is 0.474. The average Bonchev–Trinajstić information content (AvgIpc) is 3.19. The topological polar surface area (TPSA) is 72.5 Å². The van der Waals surface area contributed by atoms with Gasteiger partial charge in [0.05, 0.1) is 17.8 Å². The first-order chi connectivity index (χ1) is 12.7. The number of amides is 1. The molecule has 3 rings (SSSR count). The number of piperidine rings is 1. The van der Waals surface area contributed by atoms with Gasteiger partial charge in [-0.05, 0) is 44.1 Å². The fourth-order valence-electron chi connectivity index (χ4n) is 3.20. The first-order valence-electron chi connectivity index (χ1n) is 8.79. The second kappa shape index (κ2) is 12.2. The van der Waals surface area contributed by atoms with E-state index in [1.807, 2.05) is 17.5 Å². The number of halogens is 2. The molecular weight excluding hydrogens is 421 g/mol. The number of rotatable bonds is 8. The van der Waals surface area contributed by atoms with Crippen LogP contribution in [-0.2, 0) is 11.3 Å². The van der Waals surface area contributed by atoms with Crippen LogP contribution in [0.1, 0.15) is 28.9 Å². The van der Waals surface area contributed by atoms with Gasteiger partial charge in [0.15, 0.2) is 0 Å². The molecule has 2 aromatic rings. The summed E-state index contributed by atoms with van der Waals surface area (Å²) in [5.41, 5.74) is 3.27. The monoisotopic (exact) mass is 447 g/mol. The average molecular weight is 448 g/mol. The van der Waals surface area contributed by atoms with Crippen LogP contribution in [0, 0.1) is 5.41 Å². The lowest BCUT2D eigenvalue weighted by atomic mass is 9.79. The quantitative estimate of drug-likeness (QED) is 0.649. The van der Waals surface area contributed by atoms with Crippen molar-refractivity contribution in [3.05, 3.63) is 46.4 Å². The number of nitrogens with zero attached hydrogens (tertiary/aromatic N) is 1. The first-order valence-corrected chi connectivity index (χ1v) is 9.73. The van der Waals surface area contributed by atoms with Gasteiger partial charge < -0.3 is 20.1 Å². The Morgan fingerprint density at radius 3 is 2.79 bits per heavy atom. The summed E-state index contributed by atoms with van der Waals surface area (Å²) in [6.45, 7) is 3.59. The molecule has 156 valence electrons. The molecule has 0 saturated carbocycles. The maximum absolute atomic E-state index is 12.6. The molecule has 1 aromatic carbocycles. The summed E-state index contributed by atoms with van der Waals surface area (Å²) in [5.74, 6) is 0.581. The van der Waals surface area contributed by atoms with E-state index in [1.165, 1.54) is 11.3 Å². The van der Waals surface area contributed by atoms with Gasteiger partial charge in [0, 0.05) is 30.0 Å². The van der Waals surface area contributed by atoms with Gasteiger partial charge in [0.1, 0.15) is 12.4 Å². The van der Waals surface area contributed by atoms with E-state index in [4.69, 9.17) is 9.47 Å². The second-order valence-corrected chi connectivity index (χ2v) is 7.38. The molecule has 28 heavy (non-hydrogen) atoms. The Morgan fingerprint density at radius 1 is 1.32 bits per heavy atom. The third-order valence-corrected chi connectivity index (χ3v) is 5.34. The molecule has 1 aliphatic rings. The number of thiazole rings is 1. The van der Waals surface area contributed by atoms with Crippen molar-refractivity contribution in [2.24, 2.45) is 5.41 Å². The van der Waals surface area contributed by atoms with E-state index in [1.54, 1.807) is 24.8 Å². The lowest BCUT2D eigenvalue weighted by molar-refractivity contribution is 0.0511. The standard InChI is InChI=1S/C19H25N3O3S.2ClH/c1-24-13-19(5-7-20-8-6-19)12-21-18(23)15-3-2-4-17(9-15)25-10-16-11-26-14-22-16;;/h2-4,9,11,14,20H,5-8,10,12-13H2,1H3,(H,21,23);2*1H. The maximum atomic E-state index is 12.6. The Balaban J connectivity index is 0.00000196. The van der Waals surface area contributed by atoms with Crippen LogP contribution in [0.2, 0.25) is 0 Å². The van der Waals surface area contributed by atoms with Crippen LogP contribution in [-0.4, -0.2) is 44.2 Å². The predicted octanol–water partition coefficient (Wildman–Crippen LogP) is 3.31. The molecule has 0 spiro atoms. The Bertz CT molecular complexity index is 705. The van der Waals surface area contributed by atoms with Crippen molar-refractivity contribution < 1.29 is 14.3 Å². The number of hydrogen-bond donors (Lipinski definition) is 2. The summed E-state index contributed by atoms with van der Waals surface area (Å²) >= 11 is 1.54. The predicted molar refractivity (Wildman–Crippen MR) is 116 cm³/mol. The largest absolute Gasteiger partial charge is 0.487 e. The van der Waals surface area contributed by atoms with E-state index in [-0.39, 0.29) is 36.1 Å². The van der Waals surface area contributed by atoms with Crippen molar-refractivity contribution in [1.29, 1.82) is 0 Å². The van der Waals surface area contributed by atoms with Gasteiger partial charge >= 0.3 is 0 Å². The van der Waals surface area contributed by atoms with Crippen LogP contribution in [0.4, 0.5) is 0 Å². The number of aromatic nitrogens is 1. The van der Waals surface area contributed by atoms with Gasteiger partial charge in [-0.1, -0.05) is 6.07 Å². The van der Waals surface area contributed by atoms with Crippen molar-refractivity contribution in [2.45, 2.75) is 19.4 Å². The summed E-state index contributed by atoms with van der Waals surface area (Å²) < 4.78 is 11.1. The number of hydrogen-bond acceptors (Lipinski definition) is 6. The highest BCUT2D eigenvalue weighted by atomic mass is 35.5. The summed E-state index contributed by atoms with van der Waals surface area (Å²) in [6, 6.07) is 7.26. The molecular formula is C19H27Cl2N3O3S. The molecule has 2 N–H and O–H groups in total. The van der Waals surface area contributed by atoms with Crippen molar-refractivity contribution >= 4 is 42.1 Å². The van der Waals surface area contributed by atoms with E-state index in [0.29, 0.717) is 31.1 Å². The molecule has 0 unspecified atom stereocenters. The zero-order valence-electron chi connectivity index (χ0n) is 15.8. The lowest BCUT2D eigenvalue weighted by Crippen LogP contribution is -2.47. The molecule has 1 aromatic heterocycles. The molecule has 9 heteroatoms. The van der Waals surface area contributed by atoms with Crippen molar-refractivity contribution in [1.82, 2.24) is 15.6 Å². The van der Waals surface area contributed by atoms with E-state index >= 15 is 0 Å². The summed E-state index contributed by atoms with van der Waals surface area (Å²) in [6.07, 6.45) is 2.00. The van der Waals surface area contributed by atoms with E-state index in [9.17, 15) is 4.79 Å². The van der Waals surface area contributed by atoms with Crippen LogP contribution in [0.25, 0.3) is 0 Å². The number of carbonyl (C=O) groups is 1. The fourth-order valence-corrected chi connectivity index (χ4v) is 3.74. The van der Waals surface area contributed by atoms with Gasteiger partial charge in [0.25, 0.3) is 5.91 Å². The summed E-state index contributed by atoms with van der Waals surface area (Å²) in [7, 11) is 1.72. The molecule has 0 aliphatic carbocycles. The van der Waals surface area contributed by atoms with Crippen molar-refractivity contribution in [2.75, 3.05) is 33.4 Å². The van der Waals surface area contributed by atoms with Gasteiger partial charge in [-0.25, -0.2) is 4.98 Å². The third kappa shape index (κ3) is 6.90. The van der Waals surface area contributed by atoms with Crippen LogP contribution in [0.3, 0.4) is 0 Å². The van der Waals surface area contributed by atoms with E-state index < -0.39 is 0 Å². The minimum atomic E-state index is -0.0851. The highest BCUT2D eigenvalue weighted by Crippen LogP contribution is 2.28. The molecule has 0 bridgehead atoms. The highest BCUT2D eigenvalue weighted by Gasteiger charge is 2.32. The Kier molecular flexibility index (Phi) is 10.8. The summed E-state index contributed by atoms with van der Waals surface area (Å²) in [4.78, 5) is 16.8. The minimum absolute atomic E-state index is 0. The van der Waals surface area contributed by atoms with Crippen molar-refractivity contribution in [3.8, 4) is 5.75 Å². The van der Waals surface area contributed by atoms with Crippen LogP contribution < -0.4 is 15.4 Å². The number of methoxy groups -OCH3 is 1. The molecule has 1 fully saturated rings. The molecule has 0 radical (unpaired) electrons. The third-order valence-electron chi connectivity index (χ3n) is 4.71.